The number of imide groups is 1. The number of carbonyl (C=O) groups is 2. The van der Waals surface area contributed by atoms with Gasteiger partial charge >= 0.3 is 6.03 Å². The molecule has 0 heterocycles. The van der Waals surface area contributed by atoms with E-state index in [0.29, 0.717) is 17.2 Å². The van der Waals surface area contributed by atoms with E-state index in [4.69, 9.17) is 10.00 Å². The lowest BCUT2D eigenvalue weighted by atomic mass is 9.86. The van der Waals surface area contributed by atoms with Crippen LogP contribution in [0, 0.1) is 17.2 Å². The normalized spacial score (nSPS) is 20.2. The van der Waals surface area contributed by atoms with Crippen LogP contribution < -0.4 is 15.4 Å². The molecule has 0 aromatic heterocycles. The Balaban J connectivity index is 1.75. The van der Waals surface area contributed by atoms with Crippen molar-refractivity contribution in [2.24, 2.45) is 5.92 Å². The summed E-state index contributed by atoms with van der Waals surface area (Å²) in [4.78, 5) is 23.6. The molecule has 1 saturated carbocycles. The van der Waals surface area contributed by atoms with Gasteiger partial charge in [0.1, 0.15) is 5.75 Å². The average Bonchev–Trinajstić information content (AvgIpc) is 2.55. The molecule has 122 valence electrons. The molecule has 2 atom stereocenters. The number of amides is 3. The van der Waals surface area contributed by atoms with Gasteiger partial charge in [-0.15, -0.1) is 0 Å². The second-order valence-corrected chi connectivity index (χ2v) is 5.82. The summed E-state index contributed by atoms with van der Waals surface area (Å²) in [6.45, 7) is 1.83. The van der Waals surface area contributed by atoms with Crippen molar-refractivity contribution in [3.8, 4) is 11.8 Å². The number of nitrogens with zero attached hydrogens (tertiary/aromatic N) is 1. The highest BCUT2D eigenvalue weighted by atomic mass is 16.5. The summed E-state index contributed by atoms with van der Waals surface area (Å²) in [5, 5.41) is 13.9. The zero-order chi connectivity index (χ0) is 16.7. The summed E-state index contributed by atoms with van der Waals surface area (Å²) in [5.41, 5.74) is 0.451. The summed E-state index contributed by atoms with van der Waals surface area (Å²) in [7, 11) is 0. The van der Waals surface area contributed by atoms with E-state index in [1.54, 1.807) is 18.2 Å². The number of benzene rings is 1. The fraction of sp³-hybridized carbons (Fsp3) is 0.471. The lowest BCUT2D eigenvalue weighted by Gasteiger charge is -2.29. The van der Waals surface area contributed by atoms with Crippen molar-refractivity contribution in [3.63, 3.8) is 0 Å². The van der Waals surface area contributed by atoms with Crippen LogP contribution >= 0.6 is 0 Å². The quantitative estimate of drug-likeness (QED) is 0.892. The molecule has 1 fully saturated rings. The molecule has 23 heavy (non-hydrogen) atoms. The predicted molar refractivity (Wildman–Crippen MR) is 84.7 cm³/mol. The number of nitrogens with one attached hydrogen (secondary N) is 2. The highest BCUT2D eigenvalue weighted by Gasteiger charge is 2.23. The Labute approximate surface area is 135 Å². The molecular weight excluding hydrogens is 294 g/mol. The third kappa shape index (κ3) is 5.29. The van der Waals surface area contributed by atoms with Crippen molar-refractivity contribution in [2.45, 2.75) is 38.6 Å². The molecule has 0 spiro atoms. The fourth-order valence-corrected chi connectivity index (χ4v) is 2.70. The zero-order valence-electron chi connectivity index (χ0n) is 13.2. The van der Waals surface area contributed by atoms with Gasteiger partial charge in [0.15, 0.2) is 6.61 Å². The van der Waals surface area contributed by atoms with Crippen LogP contribution in [0.4, 0.5) is 4.79 Å². The minimum Gasteiger partial charge on any atom is -0.484 e. The summed E-state index contributed by atoms with van der Waals surface area (Å²) in [6, 6.07) is 8.13. The summed E-state index contributed by atoms with van der Waals surface area (Å²) >= 11 is 0. The Bertz CT molecular complexity index is 609. The molecule has 1 aliphatic rings. The minimum atomic E-state index is -0.520. The number of hydrogen-bond acceptors (Lipinski definition) is 4. The van der Waals surface area contributed by atoms with Crippen LogP contribution in [-0.2, 0) is 4.79 Å². The molecule has 0 bridgehead atoms. The van der Waals surface area contributed by atoms with Gasteiger partial charge in [0.05, 0.1) is 11.6 Å². The van der Waals surface area contributed by atoms with E-state index in [-0.39, 0.29) is 12.6 Å². The number of urea groups is 1. The molecule has 1 aromatic carbocycles. The van der Waals surface area contributed by atoms with Gasteiger partial charge in [0, 0.05) is 6.04 Å². The molecule has 2 rings (SSSR count). The van der Waals surface area contributed by atoms with E-state index in [2.05, 4.69) is 17.6 Å². The lowest BCUT2D eigenvalue weighted by Crippen LogP contribution is -2.48. The SMILES string of the molecule is C[C@H]1CCCC[C@H]1NC(=O)NC(=O)COc1cccc(C#N)c1. The molecule has 6 heteroatoms. The van der Waals surface area contributed by atoms with Crippen molar-refractivity contribution in [1.29, 1.82) is 5.26 Å². The molecule has 0 radical (unpaired) electrons. The third-order valence-electron chi connectivity index (χ3n) is 4.01. The molecular formula is C17H21N3O3. The topological polar surface area (TPSA) is 91.2 Å². The number of nitriles is 1. The Morgan fingerprint density at radius 3 is 2.87 bits per heavy atom. The summed E-state index contributed by atoms with van der Waals surface area (Å²) in [5.74, 6) is 0.323. The second kappa shape index (κ2) is 8.18. The van der Waals surface area contributed by atoms with Crippen LogP contribution in [-0.4, -0.2) is 24.6 Å². The largest absolute Gasteiger partial charge is 0.484 e. The van der Waals surface area contributed by atoms with E-state index in [9.17, 15) is 9.59 Å². The van der Waals surface area contributed by atoms with Crippen molar-refractivity contribution in [3.05, 3.63) is 29.8 Å². The highest BCUT2D eigenvalue weighted by Crippen LogP contribution is 2.23. The van der Waals surface area contributed by atoms with Gasteiger partial charge in [-0.05, 0) is 37.0 Å². The van der Waals surface area contributed by atoms with E-state index >= 15 is 0 Å². The van der Waals surface area contributed by atoms with Gasteiger partial charge in [0.25, 0.3) is 5.91 Å². The van der Waals surface area contributed by atoms with E-state index in [1.807, 2.05) is 6.07 Å². The Morgan fingerprint density at radius 2 is 2.13 bits per heavy atom. The summed E-state index contributed by atoms with van der Waals surface area (Å²) < 4.78 is 5.28. The molecule has 6 nitrogen and oxygen atoms in total. The first-order valence-corrected chi connectivity index (χ1v) is 7.82. The smallest absolute Gasteiger partial charge is 0.321 e. The Morgan fingerprint density at radius 1 is 1.35 bits per heavy atom. The standard InChI is InChI=1S/C17H21N3O3/c1-12-5-2-3-8-15(12)19-17(22)20-16(21)11-23-14-7-4-6-13(9-14)10-18/h4,6-7,9,12,15H,2-3,5,8,11H2,1H3,(H2,19,20,21,22)/t12-,15+/m0/s1. The maximum absolute atomic E-state index is 11.8. The second-order valence-electron chi connectivity index (χ2n) is 5.82. The molecule has 2 N–H and O–H groups in total. The third-order valence-corrected chi connectivity index (χ3v) is 4.01. The first kappa shape index (κ1) is 16.8. The molecule has 1 aliphatic carbocycles. The van der Waals surface area contributed by atoms with Gasteiger partial charge in [0.2, 0.25) is 0 Å². The van der Waals surface area contributed by atoms with Crippen molar-refractivity contribution < 1.29 is 14.3 Å². The first-order chi connectivity index (χ1) is 11.1. The van der Waals surface area contributed by atoms with Gasteiger partial charge in [-0.1, -0.05) is 25.8 Å². The van der Waals surface area contributed by atoms with Crippen LogP contribution in [0.25, 0.3) is 0 Å². The van der Waals surface area contributed by atoms with E-state index < -0.39 is 11.9 Å². The van der Waals surface area contributed by atoms with Crippen LogP contribution in [0.3, 0.4) is 0 Å². The highest BCUT2D eigenvalue weighted by molar-refractivity contribution is 5.95. The van der Waals surface area contributed by atoms with Crippen LogP contribution in [0.15, 0.2) is 24.3 Å². The summed E-state index contributed by atoms with van der Waals surface area (Å²) in [6.07, 6.45) is 4.33. The van der Waals surface area contributed by atoms with E-state index in [0.717, 1.165) is 19.3 Å². The van der Waals surface area contributed by atoms with Crippen molar-refractivity contribution in [1.82, 2.24) is 10.6 Å². The van der Waals surface area contributed by atoms with Gasteiger partial charge in [-0.2, -0.15) is 5.26 Å². The molecule has 1 aromatic rings. The number of hydrogen-bond donors (Lipinski definition) is 2. The van der Waals surface area contributed by atoms with Crippen LogP contribution in [0.5, 0.6) is 5.75 Å². The average molecular weight is 315 g/mol. The Kier molecular flexibility index (Phi) is 5.98. The Hall–Kier alpha value is -2.55. The monoisotopic (exact) mass is 315 g/mol. The van der Waals surface area contributed by atoms with Crippen LogP contribution in [0.1, 0.15) is 38.2 Å². The first-order valence-electron chi connectivity index (χ1n) is 7.82. The zero-order valence-corrected chi connectivity index (χ0v) is 13.2. The fourth-order valence-electron chi connectivity index (χ4n) is 2.70. The van der Waals surface area contributed by atoms with Crippen molar-refractivity contribution >= 4 is 11.9 Å². The minimum absolute atomic E-state index is 0.116. The molecule has 0 aliphatic heterocycles. The number of rotatable bonds is 4. The van der Waals surface area contributed by atoms with Gasteiger partial charge < -0.3 is 10.1 Å². The number of ether oxygens (including phenoxy) is 1. The van der Waals surface area contributed by atoms with Crippen molar-refractivity contribution in [2.75, 3.05) is 6.61 Å². The van der Waals surface area contributed by atoms with E-state index in [1.165, 1.54) is 12.5 Å². The van der Waals surface area contributed by atoms with Gasteiger partial charge in [-0.3, -0.25) is 10.1 Å². The van der Waals surface area contributed by atoms with Crippen LogP contribution in [0.2, 0.25) is 0 Å². The molecule has 3 amide bonds. The predicted octanol–water partition coefficient (Wildman–Crippen LogP) is 2.34. The molecule has 0 unspecified atom stereocenters. The lowest BCUT2D eigenvalue weighted by molar-refractivity contribution is -0.122. The van der Waals surface area contributed by atoms with Gasteiger partial charge in [-0.25, -0.2) is 4.79 Å². The molecule has 0 saturated heterocycles. The maximum Gasteiger partial charge on any atom is 0.321 e. The number of carbonyl (C=O) groups excluding carboxylic acids is 2. The maximum atomic E-state index is 11.8.